The van der Waals surface area contributed by atoms with E-state index in [0.29, 0.717) is 0 Å². The highest BCUT2D eigenvalue weighted by Crippen LogP contribution is 2.51. The van der Waals surface area contributed by atoms with Gasteiger partial charge < -0.3 is 10.2 Å². The first-order chi connectivity index (χ1) is 13.5. The van der Waals surface area contributed by atoms with Gasteiger partial charge in [-0.25, -0.2) is 0 Å². The molecule has 0 fully saturated rings. The fourth-order valence-electron chi connectivity index (χ4n) is 3.18. The Hall–Kier alpha value is -1.67. The molecule has 1 atom stereocenters. The monoisotopic (exact) mass is 492 g/mol. The van der Waals surface area contributed by atoms with Crippen LogP contribution in [0.3, 0.4) is 0 Å². The van der Waals surface area contributed by atoms with E-state index in [2.05, 4.69) is 0 Å². The fourth-order valence-corrected chi connectivity index (χ4v) is 5.12. The van der Waals surface area contributed by atoms with Crippen LogP contribution in [0.1, 0.15) is 16.7 Å². The second kappa shape index (κ2) is 7.87. The van der Waals surface area contributed by atoms with Crippen molar-refractivity contribution in [1.29, 1.82) is 0 Å². The Balaban J connectivity index is 2.58. The van der Waals surface area contributed by atoms with Crippen molar-refractivity contribution in [3.63, 3.8) is 0 Å². The van der Waals surface area contributed by atoms with E-state index in [1.54, 1.807) is 0 Å². The molecule has 0 saturated heterocycles. The Morgan fingerprint density at radius 1 is 0.793 bits per heavy atom. The molecule has 0 spiro atoms. The summed E-state index contributed by atoms with van der Waals surface area (Å²) in [6, 6.07) is 11.9. The molecule has 0 radical (unpaired) electrons. The summed E-state index contributed by atoms with van der Waals surface area (Å²) in [5.41, 5.74) is -0.347. The molecule has 0 aliphatic carbocycles. The Bertz CT molecular complexity index is 1210. The van der Waals surface area contributed by atoms with Crippen LogP contribution < -0.4 is 0 Å². The number of phenols is 2. The Morgan fingerprint density at radius 2 is 1.45 bits per heavy atom. The highest BCUT2D eigenvalue weighted by atomic mass is 35.5. The second-order valence-corrected chi connectivity index (χ2v) is 9.28. The minimum atomic E-state index is -5.04. The molecule has 0 aliphatic heterocycles. The first-order valence-corrected chi connectivity index (χ1v) is 10.8. The summed E-state index contributed by atoms with van der Waals surface area (Å²) in [5.74, 6) is -1.22. The normalized spacial score (nSPS) is 13.8. The number of hydrogen-bond donors (Lipinski definition) is 3. The van der Waals surface area contributed by atoms with Gasteiger partial charge in [0.15, 0.2) is 4.75 Å². The van der Waals surface area contributed by atoms with Crippen LogP contribution in [0.15, 0.2) is 54.6 Å². The van der Waals surface area contributed by atoms with Crippen LogP contribution in [-0.4, -0.2) is 23.2 Å². The molecule has 3 rings (SSSR count). The lowest BCUT2D eigenvalue weighted by molar-refractivity contribution is 0.431. The number of rotatable bonds is 4. The van der Waals surface area contributed by atoms with E-state index in [1.165, 1.54) is 42.5 Å². The predicted molar refractivity (Wildman–Crippen MR) is 114 cm³/mol. The van der Waals surface area contributed by atoms with Gasteiger partial charge in [0.25, 0.3) is 10.1 Å². The lowest BCUT2D eigenvalue weighted by atomic mass is 9.83. The van der Waals surface area contributed by atoms with Crippen molar-refractivity contribution in [2.75, 3.05) is 0 Å². The van der Waals surface area contributed by atoms with Crippen LogP contribution in [0, 0.1) is 0 Å². The van der Waals surface area contributed by atoms with Gasteiger partial charge in [0.05, 0.1) is 10.0 Å². The summed E-state index contributed by atoms with van der Waals surface area (Å²) >= 11 is 24.1. The molecular weight excluding hydrogens is 482 g/mol. The predicted octanol–water partition coefficient (Wildman–Crippen LogP) is 5.89. The molecule has 3 aromatic carbocycles. The van der Waals surface area contributed by atoms with Gasteiger partial charge in [0, 0.05) is 10.6 Å². The third-order valence-corrected chi connectivity index (χ3v) is 7.23. The highest BCUT2D eigenvalue weighted by molar-refractivity contribution is 7.87. The SMILES string of the molecule is O=S(=O)(O)C(c1cccc(Cl)c1)(c1ccc(Cl)c(Cl)c1)c1ccc(O)c(Cl)c1O. The van der Waals surface area contributed by atoms with E-state index < -0.39 is 31.4 Å². The molecule has 0 saturated carbocycles. The first-order valence-electron chi connectivity index (χ1n) is 7.89. The molecule has 29 heavy (non-hydrogen) atoms. The van der Waals surface area contributed by atoms with Crippen molar-refractivity contribution < 1.29 is 23.2 Å². The van der Waals surface area contributed by atoms with Crippen LogP contribution >= 0.6 is 46.4 Å². The fraction of sp³-hybridized carbons (Fsp3) is 0.0526. The van der Waals surface area contributed by atoms with Crippen LogP contribution in [0.2, 0.25) is 20.1 Å². The van der Waals surface area contributed by atoms with E-state index >= 15 is 0 Å². The maximum absolute atomic E-state index is 12.9. The lowest BCUT2D eigenvalue weighted by Crippen LogP contribution is -2.38. The second-order valence-electron chi connectivity index (χ2n) is 6.09. The van der Waals surface area contributed by atoms with Gasteiger partial charge in [-0.15, -0.1) is 0 Å². The first kappa shape index (κ1) is 22.0. The number of aromatic hydroxyl groups is 2. The quantitative estimate of drug-likeness (QED) is 0.311. The third-order valence-electron chi connectivity index (χ3n) is 4.42. The zero-order chi connectivity index (χ0) is 21.6. The Morgan fingerprint density at radius 3 is 2.03 bits per heavy atom. The molecule has 0 heterocycles. The Labute approximate surface area is 186 Å². The third kappa shape index (κ3) is 3.65. The summed E-state index contributed by atoms with van der Waals surface area (Å²) in [5, 5.41) is 20.3. The minimum absolute atomic E-state index is 0.00273. The maximum atomic E-state index is 12.9. The van der Waals surface area contributed by atoms with Crippen LogP contribution in [-0.2, 0) is 14.9 Å². The number of benzene rings is 3. The van der Waals surface area contributed by atoms with Crippen molar-refractivity contribution in [3.05, 3.63) is 91.4 Å². The van der Waals surface area contributed by atoms with E-state index in [9.17, 15) is 23.2 Å². The lowest BCUT2D eigenvalue weighted by Gasteiger charge is -2.33. The van der Waals surface area contributed by atoms with Crippen molar-refractivity contribution in [2.24, 2.45) is 0 Å². The molecule has 0 aromatic heterocycles. The molecule has 0 aliphatic rings. The maximum Gasteiger partial charge on any atom is 0.283 e. The topological polar surface area (TPSA) is 94.8 Å². The summed E-state index contributed by atoms with van der Waals surface area (Å²) in [6.07, 6.45) is 0. The van der Waals surface area contributed by atoms with Gasteiger partial charge >= 0.3 is 0 Å². The van der Waals surface area contributed by atoms with Crippen LogP contribution in [0.5, 0.6) is 11.5 Å². The van der Waals surface area contributed by atoms with E-state index in [1.807, 2.05) is 0 Å². The van der Waals surface area contributed by atoms with Crippen molar-refractivity contribution in [1.82, 2.24) is 0 Å². The summed E-state index contributed by atoms with van der Waals surface area (Å²) in [6.45, 7) is 0. The smallest absolute Gasteiger partial charge is 0.283 e. The molecule has 10 heteroatoms. The molecule has 3 N–H and O–H groups in total. The van der Waals surface area contributed by atoms with Crippen LogP contribution in [0.25, 0.3) is 0 Å². The largest absolute Gasteiger partial charge is 0.506 e. The Kier molecular flexibility index (Phi) is 5.98. The average Bonchev–Trinajstić information content (AvgIpc) is 2.64. The summed E-state index contributed by atoms with van der Waals surface area (Å²) in [7, 11) is -5.04. The van der Waals surface area contributed by atoms with Gasteiger partial charge in [0.1, 0.15) is 16.5 Å². The number of halogens is 4. The van der Waals surface area contributed by atoms with Gasteiger partial charge in [-0.2, -0.15) is 8.42 Å². The minimum Gasteiger partial charge on any atom is -0.506 e. The highest BCUT2D eigenvalue weighted by Gasteiger charge is 2.50. The molecule has 1 unspecified atom stereocenters. The van der Waals surface area contributed by atoms with E-state index in [-0.39, 0.29) is 31.8 Å². The molecule has 152 valence electrons. The van der Waals surface area contributed by atoms with Gasteiger partial charge in [-0.1, -0.05) is 64.6 Å². The summed E-state index contributed by atoms with van der Waals surface area (Å²) in [4.78, 5) is 0. The zero-order valence-corrected chi connectivity index (χ0v) is 18.1. The van der Waals surface area contributed by atoms with Crippen molar-refractivity contribution in [2.45, 2.75) is 4.75 Å². The van der Waals surface area contributed by atoms with Crippen molar-refractivity contribution in [3.8, 4) is 11.5 Å². The van der Waals surface area contributed by atoms with Crippen LogP contribution in [0.4, 0.5) is 0 Å². The molecule has 0 bridgehead atoms. The molecule has 5 nitrogen and oxygen atoms in total. The van der Waals surface area contributed by atoms with E-state index in [4.69, 9.17) is 46.4 Å². The molecule has 3 aromatic rings. The molecule has 0 amide bonds. The van der Waals surface area contributed by atoms with Gasteiger partial charge in [-0.3, -0.25) is 4.55 Å². The summed E-state index contributed by atoms with van der Waals surface area (Å²) < 4.78 is 33.9. The van der Waals surface area contributed by atoms with Gasteiger partial charge in [-0.05, 0) is 47.5 Å². The number of phenolic OH excluding ortho intramolecular Hbond substituents is 2. The van der Waals surface area contributed by atoms with Gasteiger partial charge in [0.2, 0.25) is 0 Å². The zero-order valence-electron chi connectivity index (χ0n) is 14.3. The standard InChI is InChI=1S/C19H12Cl4O5S/c20-12-3-1-2-10(8-12)19(29(26,27)28,11-4-6-14(21)15(22)9-11)13-5-7-16(24)17(23)18(13)25/h1-9,24-25H,(H,26,27,28). The average molecular weight is 494 g/mol. The van der Waals surface area contributed by atoms with Crippen molar-refractivity contribution >= 4 is 56.5 Å². The number of hydrogen-bond acceptors (Lipinski definition) is 4. The van der Waals surface area contributed by atoms with E-state index in [0.717, 1.165) is 12.1 Å². The molecular formula is C19H12Cl4O5S.